The maximum atomic E-state index is 13.2. The SMILES string of the molecule is O=C(c1cnn2c(-c3ccccc3)ccnc12)N1CCC(Cc2ccccc2)CC1. The van der Waals surface area contributed by atoms with Gasteiger partial charge in [0, 0.05) is 24.8 Å². The van der Waals surface area contributed by atoms with Crippen molar-refractivity contribution in [3.63, 3.8) is 0 Å². The monoisotopic (exact) mass is 396 g/mol. The number of aromatic nitrogens is 3. The van der Waals surface area contributed by atoms with E-state index >= 15 is 0 Å². The fourth-order valence-electron chi connectivity index (χ4n) is 4.33. The summed E-state index contributed by atoms with van der Waals surface area (Å²) in [6.07, 6.45) is 6.56. The molecule has 5 rings (SSSR count). The van der Waals surface area contributed by atoms with Crippen molar-refractivity contribution in [3.05, 3.63) is 90.3 Å². The molecular weight excluding hydrogens is 372 g/mol. The van der Waals surface area contributed by atoms with Crippen LogP contribution in [0.15, 0.2) is 79.1 Å². The van der Waals surface area contributed by atoms with Crippen molar-refractivity contribution in [1.82, 2.24) is 19.5 Å². The molecule has 1 saturated heterocycles. The van der Waals surface area contributed by atoms with E-state index in [-0.39, 0.29) is 5.91 Å². The van der Waals surface area contributed by atoms with Gasteiger partial charge in [0.25, 0.3) is 5.91 Å². The van der Waals surface area contributed by atoms with Gasteiger partial charge in [-0.3, -0.25) is 4.79 Å². The fraction of sp³-hybridized carbons (Fsp3) is 0.240. The number of rotatable bonds is 4. The van der Waals surface area contributed by atoms with Crippen molar-refractivity contribution < 1.29 is 4.79 Å². The summed E-state index contributed by atoms with van der Waals surface area (Å²) >= 11 is 0. The number of benzene rings is 2. The number of hydrogen-bond donors (Lipinski definition) is 0. The Balaban J connectivity index is 1.32. The van der Waals surface area contributed by atoms with Crippen LogP contribution < -0.4 is 0 Å². The van der Waals surface area contributed by atoms with Crippen LogP contribution in [0.2, 0.25) is 0 Å². The molecule has 4 aromatic rings. The maximum absolute atomic E-state index is 13.2. The zero-order valence-electron chi connectivity index (χ0n) is 16.8. The third-order valence-corrected chi connectivity index (χ3v) is 5.97. The average Bonchev–Trinajstić information content (AvgIpc) is 3.25. The van der Waals surface area contributed by atoms with Crippen molar-refractivity contribution in [2.45, 2.75) is 19.3 Å². The molecule has 0 atom stereocenters. The third kappa shape index (κ3) is 3.59. The van der Waals surface area contributed by atoms with Crippen LogP contribution in [0, 0.1) is 5.92 Å². The zero-order chi connectivity index (χ0) is 20.3. The van der Waals surface area contributed by atoms with Gasteiger partial charge in [0.1, 0.15) is 5.56 Å². The largest absolute Gasteiger partial charge is 0.338 e. The molecule has 0 unspecified atom stereocenters. The maximum Gasteiger partial charge on any atom is 0.259 e. The Morgan fingerprint density at radius 2 is 1.63 bits per heavy atom. The Labute approximate surface area is 176 Å². The van der Waals surface area contributed by atoms with E-state index in [1.54, 1.807) is 16.9 Å². The standard InChI is InChI=1S/C25H24N4O/c30-25(28-15-12-20(13-16-28)17-19-7-3-1-4-8-19)22-18-27-29-23(11-14-26-24(22)29)21-9-5-2-6-10-21/h1-11,14,18,20H,12-13,15-17H2. The highest BCUT2D eigenvalue weighted by atomic mass is 16.2. The Hall–Kier alpha value is -3.47. The van der Waals surface area contributed by atoms with Crippen molar-refractivity contribution in [1.29, 1.82) is 0 Å². The Bertz CT molecular complexity index is 1150. The lowest BCUT2D eigenvalue weighted by Crippen LogP contribution is -2.38. The highest BCUT2D eigenvalue weighted by molar-refractivity contribution is 6.00. The van der Waals surface area contributed by atoms with E-state index in [2.05, 4.69) is 40.4 Å². The molecule has 2 aromatic heterocycles. The third-order valence-electron chi connectivity index (χ3n) is 5.97. The minimum absolute atomic E-state index is 0.0286. The number of fused-ring (bicyclic) bond motifs is 1. The number of carbonyl (C=O) groups excluding carboxylic acids is 1. The van der Waals surface area contributed by atoms with E-state index in [4.69, 9.17) is 0 Å². The minimum Gasteiger partial charge on any atom is -0.338 e. The zero-order valence-corrected chi connectivity index (χ0v) is 16.8. The fourth-order valence-corrected chi connectivity index (χ4v) is 4.33. The lowest BCUT2D eigenvalue weighted by Gasteiger charge is -2.32. The van der Waals surface area contributed by atoms with E-state index in [1.165, 1.54) is 5.56 Å². The highest BCUT2D eigenvalue weighted by Gasteiger charge is 2.26. The molecule has 0 saturated carbocycles. The van der Waals surface area contributed by atoms with Gasteiger partial charge in [-0.15, -0.1) is 0 Å². The van der Waals surface area contributed by atoms with Gasteiger partial charge in [-0.1, -0.05) is 60.7 Å². The topological polar surface area (TPSA) is 50.5 Å². The minimum atomic E-state index is 0.0286. The van der Waals surface area contributed by atoms with Gasteiger partial charge in [-0.05, 0) is 36.8 Å². The summed E-state index contributed by atoms with van der Waals surface area (Å²) < 4.78 is 1.77. The molecule has 1 amide bonds. The predicted molar refractivity (Wildman–Crippen MR) is 117 cm³/mol. The molecular formula is C25H24N4O. The van der Waals surface area contributed by atoms with E-state index in [9.17, 15) is 4.79 Å². The smallest absolute Gasteiger partial charge is 0.259 e. The van der Waals surface area contributed by atoms with Crippen molar-refractivity contribution in [2.24, 2.45) is 5.92 Å². The molecule has 1 aliphatic heterocycles. The molecule has 2 aromatic carbocycles. The second-order valence-electron chi connectivity index (χ2n) is 7.92. The van der Waals surface area contributed by atoms with E-state index in [0.717, 1.165) is 43.6 Å². The molecule has 0 radical (unpaired) electrons. The molecule has 5 heteroatoms. The number of likely N-dealkylation sites (tertiary alicyclic amines) is 1. The average molecular weight is 396 g/mol. The summed E-state index contributed by atoms with van der Waals surface area (Å²) in [5.74, 6) is 0.657. The van der Waals surface area contributed by atoms with Crippen molar-refractivity contribution in [2.75, 3.05) is 13.1 Å². The van der Waals surface area contributed by atoms with Gasteiger partial charge >= 0.3 is 0 Å². The number of nitrogens with zero attached hydrogens (tertiary/aromatic N) is 4. The normalized spacial score (nSPS) is 14.9. The van der Waals surface area contributed by atoms with Gasteiger partial charge in [0.05, 0.1) is 11.9 Å². The molecule has 30 heavy (non-hydrogen) atoms. The molecule has 5 nitrogen and oxygen atoms in total. The van der Waals surface area contributed by atoms with Gasteiger partial charge in [0.15, 0.2) is 5.65 Å². The van der Waals surface area contributed by atoms with E-state index in [0.29, 0.717) is 17.1 Å². The van der Waals surface area contributed by atoms with Crippen molar-refractivity contribution >= 4 is 11.6 Å². The number of piperidine rings is 1. The molecule has 0 N–H and O–H groups in total. The summed E-state index contributed by atoms with van der Waals surface area (Å²) in [7, 11) is 0. The van der Waals surface area contributed by atoms with Crippen LogP contribution in [0.4, 0.5) is 0 Å². The predicted octanol–water partition coefficient (Wildman–Crippen LogP) is 4.49. The Morgan fingerprint density at radius 1 is 0.933 bits per heavy atom. The number of hydrogen-bond acceptors (Lipinski definition) is 3. The lowest BCUT2D eigenvalue weighted by atomic mass is 9.90. The van der Waals surface area contributed by atoms with Crippen LogP contribution in [0.25, 0.3) is 16.9 Å². The van der Waals surface area contributed by atoms with Crippen LogP contribution in [0.3, 0.4) is 0 Å². The van der Waals surface area contributed by atoms with Crippen LogP contribution in [-0.2, 0) is 6.42 Å². The first-order chi connectivity index (χ1) is 14.8. The van der Waals surface area contributed by atoms with Gasteiger partial charge in [-0.25, -0.2) is 9.50 Å². The summed E-state index contributed by atoms with van der Waals surface area (Å²) in [6.45, 7) is 1.57. The number of carbonyl (C=O) groups is 1. The molecule has 0 aliphatic carbocycles. The summed E-state index contributed by atoms with van der Waals surface area (Å²) in [6, 6.07) is 22.6. The number of amides is 1. The molecule has 1 aliphatic rings. The quantitative estimate of drug-likeness (QED) is 0.511. The molecule has 3 heterocycles. The first-order valence-corrected chi connectivity index (χ1v) is 10.5. The van der Waals surface area contributed by atoms with E-state index in [1.807, 2.05) is 41.3 Å². The van der Waals surface area contributed by atoms with Crippen LogP contribution >= 0.6 is 0 Å². The summed E-state index contributed by atoms with van der Waals surface area (Å²) in [5, 5.41) is 4.49. The van der Waals surface area contributed by atoms with Crippen LogP contribution in [0.5, 0.6) is 0 Å². The van der Waals surface area contributed by atoms with Crippen molar-refractivity contribution in [3.8, 4) is 11.3 Å². The molecule has 0 bridgehead atoms. The first kappa shape index (κ1) is 18.6. The summed E-state index contributed by atoms with van der Waals surface area (Å²) in [4.78, 5) is 19.6. The molecule has 0 spiro atoms. The molecule has 150 valence electrons. The molecule has 1 fully saturated rings. The Morgan fingerprint density at radius 3 is 2.37 bits per heavy atom. The summed E-state index contributed by atoms with van der Waals surface area (Å²) in [5.41, 5.74) is 4.56. The second-order valence-corrected chi connectivity index (χ2v) is 7.92. The highest BCUT2D eigenvalue weighted by Crippen LogP contribution is 2.25. The Kier molecular flexibility index (Phi) is 5.01. The van der Waals surface area contributed by atoms with Crippen LogP contribution in [0.1, 0.15) is 28.8 Å². The first-order valence-electron chi connectivity index (χ1n) is 10.5. The van der Waals surface area contributed by atoms with Crippen LogP contribution in [-0.4, -0.2) is 38.5 Å². The van der Waals surface area contributed by atoms with Gasteiger partial charge < -0.3 is 4.90 Å². The second kappa shape index (κ2) is 8.11. The van der Waals surface area contributed by atoms with Gasteiger partial charge in [-0.2, -0.15) is 5.10 Å². The van der Waals surface area contributed by atoms with E-state index < -0.39 is 0 Å². The lowest BCUT2D eigenvalue weighted by molar-refractivity contribution is 0.0692. The van der Waals surface area contributed by atoms with Gasteiger partial charge in [0.2, 0.25) is 0 Å².